The highest BCUT2D eigenvalue weighted by Gasteiger charge is 2.19. The van der Waals surface area contributed by atoms with E-state index in [1.807, 2.05) is 26.0 Å². The summed E-state index contributed by atoms with van der Waals surface area (Å²) in [6.45, 7) is 4.24. The van der Waals surface area contributed by atoms with Gasteiger partial charge in [0.15, 0.2) is 10.6 Å². The number of thiazole rings is 1. The van der Waals surface area contributed by atoms with Gasteiger partial charge < -0.3 is 0 Å². The summed E-state index contributed by atoms with van der Waals surface area (Å²) in [4.78, 5) is 37.2. The minimum Gasteiger partial charge on any atom is -0.292 e. The van der Waals surface area contributed by atoms with Crippen molar-refractivity contribution in [3.05, 3.63) is 84.9 Å². The Bertz CT molecular complexity index is 1650. The Morgan fingerprint density at radius 3 is 2.64 bits per heavy atom. The molecule has 0 atom stereocenters. The van der Waals surface area contributed by atoms with Crippen molar-refractivity contribution in [1.29, 1.82) is 0 Å². The number of nitrogens with zero attached hydrogens (tertiary/aromatic N) is 6. The van der Waals surface area contributed by atoms with E-state index in [1.54, 1.807) is 26.6 Å². The van der Waals surface area contributed by atoms with Crippen LogP contribution in [0.5, 0.6) is 0 Å². The quantitative estimate of drug-likeness (QED) is 0.414. The predicted octanol–water partition coefficient (Wildman–Crippen LogP) is 3.20. The Morgan fingerprint density at radius 2 is 1.82 bits per heavy atom. The summed E-state index contributed by atoms with van der Waals surface area (Å²) in [6.07, 6.45) is 7.23. The maximum absolute atomic E-state index is 13.2. The van der Waals surface area contributed by atoms with Crippen molar-refractivity contribution in [3.8, 4) is 5.69 Å². The minimum absolute atomic E-state index is 0.0841. The van der Waals surface area contributed by atoms with Crippen LogP contribution in [-0.4, -0.2) is 28.7 Å². The number of fused-ring (bicyclic) bond motifs is 4. The van der Waals surface area contributed by atoms with Crippen LogP contribution in [0.15, 0.2) is 46.4 Å². The normalized spacial score (nSPS) is 13.6. The third kappa shape index (κ3) is 3.31. The average molecular weight is 459 g/mol. The first-order chi connectivity index (χ1) is 16.0. The summed E-state index contributed by atoms with van der Waals surface area (Å²) >= 11 is 1.58. The number of aromatic nitrogens is 6. The van der Waals surface area contributed by atoms with Crippen LogP contribution in [-0.2, 0) is 19.4 Å². The number of rotatable bonds is 3. The molecular weight excluding hydrogens is 436 g/mol. The van der Waals surface area contributed by atoms with Crippen molar-refractivity contribution < 1.29 is 0 Å². The van der Waals surface area contributed by atoms with Crippen LogP contribution in [0.3, 0.4) is 0 Å². The summed E-state index contributed by atoms with van der Waals surface area (Å²) < 4.78 is 4.91. The second-order valence-corrected chi connectivity index (χ2v) is 9.76. The molecule has 166 valence electrons. The Hall–Kier alpha value is -3.59. The van der Waals surface area contributed by atoms with Crippen molar-refractivity contribution in [1.82, 2.24) is 28.7 Å². The maximum atomic E-state index is 13.2. The molecule has 1 aliphatic carbocycles. The molecule has 5 aromatic rings. The second-order valence-electron chi connectivity index (χ2n) is 8.70. The molecule has 6 rings (SSSR count). The monoisotopic (exact) mass is 458 g/mol. The van der Waals surface area contributed by atoms with Gasteiger partial charge in [0.2, 0.25) is 0 Å². The Kier molecular flexibility index (Phi) is 4.55. The van der Waals surface area contributed by atoms with Gasteiger partial charge in [-0.1, -0.05) is 6.07 Å². The Labute approximate surface area is 192 Å². The van der Waals surface area contributed by atoms with Gasteiger partial charge in [-0.3, -0.25) is 18.6 Å². The molecule has 0 fully saturated rings. The molecule has 33 heavy (non-hydrogen) atoms. The molecule has 0 saturated carbocycles. The fourth-order valence-electron chi connectivity index (χ4n) is 4.72. The van der Waals surface area contributed by atoms with Gasteiger partial charge in [0.1, 0.15) is 11.7 Å². The van der Waals surface area contributed by atoms with Crippen LogP contribution in [0.25, 0.3) is 21.7 Å². The standard InChI is InChI=1S/C24H22N6O2S/c1-14-7-15(2)9-17(8-14)30-22-18(11-26-30)23(32)28(13-25-22)12-16-10-21(31)29-19-5-3-4-6-20(19)33-24(29)27-16/h7-11,13H,3-6,12H2,1-2H3. The summed E-state index contributed by atoms with van der Waals surface area (Å²) in [7, 11) is 0. The first kappa shape index (κ1) is 20.0. The highest BCUT2D eigenvalue weighted by molar-refractivity contribution is 7.17. The SMILES string of the molecule is Cc1cc(C)cc(-n2ncc3c(=O)n(Cc4cc(=O)n5c6c(sc5n4)CCCC6)cnc32)c1. The van der Waals surface area contributed by atoms with E-state index in [1.165, 1.54) is 21.8 Å². The minimum atomic E-state index is -0.205. The number of hydrogen-bond donors (Lipinski definition) is 0. The van der Waals surface area contributed by atoms with Crippen molar-refractivity contribution >= 4 is 27.3 Å². The van der Waals surface area contributed by atoms with Crippen molar-refractivity contribution in [3.63, 3.8) is 0 Å². The maximum Gasteiger partial charge on any atom is 0.264 e. The summed E-state index contributed by atoms with van der Waals surface area (Å²) in [5, 5.41) is 4.85. The molecule has 0 amide bonds. The highest BCUT2D eigenvalue weighted by atomic mass is 32.1. The molecule has 0 spiro atoms. The Morgan fingerprint density at radius 1 is 1.03 bits per heavy atom. The van der Waals surface area contributed by atoms with E-state index < -0.39 is 0 Å². The zero-order chi connectivity index (χ0) is 22.7. The van der Waals surface area contributed by atoms with Crippen LogP contribution >= 0.6 is 11.3 Å². The van der Waals surface area contributed by atoms with Crippen molar-refractivity contribution in [2.24, 2.45) is 0 Å². The van der Waals surface area contributed by atoms with E-state index in [0.29, 0.717) is 21.7 Å². The molecule has 4 aromatic heterocycles. The molecule has 4 heterocycles. The predicted molar refractivity (Wildman–Crippen MR) is 128 cm³/mol. The lowest BCUT2D eigenvalue weighted by atomic mass is 10.0. The molecule has 8 nitrogen and oxygen atoms in total. The lowest BCUT2D eigenvalue weighted by Crippen LogP contribution is -2.24. The fraction of sp³-hybridized carbons (Fsp3) is 0.292. The van der Waals surface area contributed by atoms with E-state index >= 15 is 0 Å². The topological polar surface area (TPSA) is 87.1 Å². The molecule has 1 aromatic carbocycles. The van der Waals surface area contributed by atoms with Gasteiger partial charge in [0.25, 0.3) is 11.1 Å². The second kappa shape index (κ2) is 7.48. The van der Waals surface area contributed by atoms with E-state index in [4.69, 9.17) is 4.98 Å². The third-order valence-corrected chi connectivity index (χ3v) is 7.30. The molecule has 9 heteroatoms. The van der Waals surface area contributed by atoms with E-state index in [2.05, 4.69) is 16.1 Å². The van der Waals surface area contributed by atoms with Gasteiger partial charge in [0, 0.05) is 16.6 Å². The largest absolute Gasteiger partial charge is 0.292 e. The molecule has 0 saturated heterocycles. The average Bonchev–Trinajstić information content (AvgIpc) is 3.37. The van der Waals surface area contributed by atoms with Gasteiger partial charge in [-0.25, -0.2) is 14.6 Å². The van der Waals surface area contributed by atoms with Gasteiger partial charge in [0.05, 0.1) is 24.1 Å². The lowest BCUT2D eigenvalue weighted by Gasteiger charge is -2.10. The number of benzene rings is 1. The number of aryl methyl sites for hydroxylation is 4. The molecule has 0 aliphatic heterocycles. The van der Waals surface area contributed by atoms with Gasteiger partial charge in [-0.05, 0) is 62.8 Å². The molecule has 0 bridgehead atoms. The Balaban J connectivity index is 1.40. The molecule has 1 aliphatic rings. The zero-order valence-corrected chi connectivity index (χ0v) is 19.2. The van der Waals surface area contributed by atoms with Crippen LogP contribution in [0.4, 0.5) is 0 Å². The van der Waals surface area contributed by atoms with E-state index in [-0.39, 0.29) is 17.7 Å². The van der Waals surface area contributed by atoms with E-state index in [9.17, 15) is 9.59 Å². The van der Waals surface area contributed by atoms with Crippen molar-refractivity contribution in [2.45, 2.75) is 46.1 Å². The lowest BCUT2D eigenvalue weighted by molar-refractivity contribution is 0.668. The zero-order valence-electron chi connectivity index (χ0n) is 18.4. The van der Waals surface area contributed by atoms with Gasteiger partial charge in [-0.15, -0.1) is 11.3 Å². The van der Waals surface area contributed by atoms with Gasteiger partial charge >= 0.3 is 0 Å². The van der Waals surface area contributed by atoms with Crippen LogP contribution < -0.4 is 11.1 Å². The number of hydrogen-bond acceptors (Lipinski definition) is 6. The fourth-order valence-corrected chi connectivity index (χ4v) is 5.95. The van der Waals surface area contributed by atoms with Crippen LogP contribution in [0, 0.1) is 13.8 Å². The smallest absolute Gasteiger partial charge is 0.264 e. The van der Waals surface area contributed by atoms with E-state index in [0.717, 1.165) is 48.2 Å². The highest BCUT2D eigenvalue weighted by Crippen LogP contribution is 2.28. The van der Waals surface area contributed by atoms with Crippen LogP contribution in [0.2, 0.25) is 0 Å². The molecule has 0 unspecified atom stereocenters. The first-order valence-corrected chi connectivity index (χ1v) is 11.8. The summed E-state index contributed by atoms with van der Waals surface area (Å²) in [6, 6.07) is 7.65. The summed E-state index contributed by atoms with van der Waals surface area (Å²) in [5.41, 5.74) is 4.98. The van der Waals surface area contributed by atoms with Crippen molar-refractivity contribution in [2.75, 3.05) is 0 Å². The van der Waals surface area contributed by atoms with Crippen LogP contribution in [0.1, 0.15) is 40.2 Å². The summed E-state index contributed by atoms with van der Waals surface area (Å²) in [5.74, 6) is 0. The van der Waals surface area contributed by atoms with Gasteiger partial charge in [-0.2, -0.15) is 5.10 Å². The molecule has 0 N–H and O–H groups in total. The molecule has 0 radical (unpaired) electrons. The third-order valence-electron chi connectivity index (χ3n) is 6.15. The molecular formula is C24H22N6O2S. The first-order valence-electron chi connectivity index (χ1n) is 11.0.